The van der Waals surface area contributed by atoms with Crippen molar-refractivity contribution in [3.05, 3.63) is 52.2 Å². The first-order valence-corrected chi connectivity index (χ1v) is 8.68. The number of halogens is 2. The summed E-state index contributed by atoms with van der Waals surface area (Å²) < 4.78 is 21.6. The molecule has 3 aromatic rings. The van der Waals surface area contributed by atoms with E-state index in [1.54, 1.807) is 23.2 Å². The second kappa shape index (κ2) is 6.99. The van der Waals surface area contributed by atoms with Gasteiger partial charge in [-0.25, -0.2) is 10.1 Å². The third-order valence-corrected chi connectivity index (χ3v) is 4.80. The minimum Gasteiger partial charge on any atom is -0.472 e. The molecule has 1 N–H and O–H groups in total. The number of nitrogens with one attached hydrogen (secondary N) is 1. The molecule has 0 bridgehead atoms. The van der Waals surface area contributed by atoms with E-state index in [0.717, 1.165) is 5.69 Å². The smallest absolute Gasteiger partial charge is 0.285 e. The standard InChI is InChI=1S/C17H16ClFN6O2/c1-24-9-20-6-12(24)10-4-14(19)22-15(5-10)27-11-2-3-25(8-11)13-7-21-23-17(26)16(13)18/h4-7,9,11H,2-3,8H2,1H3,(H,23,26)/t11-/m1/s1. The average molecular weight is 391 g/mol. The van der Waals surface area contributed by atoms with Crippen molar-refractivity contribution in [2.24, 2.45) is 7.05 Å². The number of hydrogen-bond acceptors (Lipinski definition) is 6. The van der Waals surface area contributed by atoms with Crippen LogP contribution in [0.4, 0.5) is 10.1 Å². The fourth-order valence-corrected chi connectivity index (χ4v) is 3.34. The Morgan fingerprint density at radius 2 is 2.22 bits per heavy atom. The van der Waals surface area contributed by atoms with Crippen molar-refractivity contribution >= 4 is 17.3 Å². The largest absolute Gasteiger partial charge is 0.472 e. The summed E-state index contributed by atoms with van der Waals surface area (Å²) in [5, 5.41) is 6.17. The van der Waals surface area contributed by atoms with Gasteiger partial charge in [0.2, 0.25) is 11.8 Å². The van der Waals surface area contributed by atoms with Crippen LogP contribution in [0.2, 0.25) is 5.02 Å². The Hall–Kier alpha value is -2.94. The molecule has 1 aliphatic rings. The van der Waals surface area contributed by atoms with E-state index >= 15 is 0 Å². The molecular weight excluding hydrogens is 375 g/mol. The lowest BCUT2D eigenvalue weighted by atomic mass is 10.2. The van der Waals surface area contributed by atoms with E-state index in [4.69, 9.17) is 16.3 Å². The predicted molar refractivity (Wildman–Crippen MR) is 97.5 cm³/mol. The van der Waals surface area contributed by atoms with E-state index in [1.807, 2.05) is 11.9 Å². The monoisotopic (exact) mass is 390 g/mol. The second-order valence-electron chi connectivity index (χ2n) is 6.28. The number of aromatic nitrogens is 5. The van der Waals surface area contributed by atoms with Crippen molar-refractivity contribution in [1.29, 1.82) is 0 Å². The Bertz CT molecular complexity index is 1040. The third-order valence-electron chi connectivity index (χ3n) is 4.43. The molecule has 0 aromatic carbocycles. The molecule has 27 heavy (non-hydrogen) atoms. The van der Waals surface area contributed by atoms with Gasteiger partial charge in [-0.15, -0.1) is 0 Å². The fourth-order valence-electron chi connectivity index (χ4n) is 3.13. The molecule has 4 heterocycles. The van der Waals surface area contributed by atoms with Crippen LogP contribution in [-0.4, -0.2) is 43.9 Å². The van der Waals surface area contributed by atoms with Crippen LogP contribution in [0.3, 0.4) is 0 Å². The first-order valence-electron chi connectivity index (χ1n) is 8.30. The summed E-state index contributed by atoms with van der Waals surface area (Å²) in [6.45, 7) is 1.13. The molecule has 1 saturated heterocycles. The van der Waals surface area contributed by atoms with Crippen molar-refractivity contribution in [2.75, 3.05) is 18.0 Å². The zero-order chi connectivity index (χ0) is 19.0. The SMILES string of the molecule is Cn1cncc1-c1cc(F)nc(O[C@@H]2CCN(c3cn[nH]c(=O)c3Cl)C2)c1. The van der Waals surface area contributed by atoms with E-state index in [9.17, 15) is 9.18 Å². The van der Waals surface area contributed by atoms with Crippen molar-refractivity contribution < 1.29 is 9.13 Å². The Morgan fingerprint density at radius 3 is 3.00 bits per heavy atom. The van der Waals surface area contributed by atoms with Crippen LogP contribution in [-0.2, 0) is 7.05 Å². The molecule has 1 atom stereocenters. The van der Waals surface area contributed by atoms with Gasteiger partial charge in [-0.3, -0.25) is 4.79 Å². The summed E-state index contributed by atoms with van der Waals surface area (Å²) >= 11 is 6.06. The maximum Gasteiger partial charge on any atom is 0.285 e. The first-order chi connectivity index (χ1) is 13.0. The summed E-state index contributed by atoms with van der Waals surface area (Å²) in [5.74, 6) is -0.423. The minimum atomic E-state index is -0.625. The maximum absolute atomic E-state index is 14.0. The topological polar surface area (TPSA) is 88.9 Å². The van der Waals surface area contributed by atoms with Gasteiger partial charge >= 0.3 is 0 Å². The van der Waals surface area contributed by atoms with E-state index < -0.39 is 11.5 Å². The van der Waals surface area contributed by atoms with E-state index in [2.05, 4.69) is 20.2 Å². The van der Waals surface area contributed by atoms with Gasteiger partial charge in [0.25, 0.3) is 5.56 Å². The Labute approximate surface area is 158 Å². The lowest BCUT2D eigenvalue weighted by molar-refractivity contribution is 0.213. The van der Waals surface area contributed by atoms with Crippen LogP contribution in [0.25, 0.3) is 11.3 Å². The van der Waals surface area contributed by atoms with Crippen molar-refractivity contribution in [3.63, 3.8) is 0 Å². The number of aryl methyl sites for hydroxylation is 1. The van der Waals surface area contributed by atoms with Crippen LogP contribution >= 0.6 is 11.6 Å². The van der Waals surface area contributed by atoms with Crippen LogP contribution in [0.5, 0.6) is 5.88 Å². The summed E-state index contributed by atoms with van der Waals surface area (Å²) in [6, 6.07) is 3.02. The lowest BCUT2D eigenvalue weighted by Gasteiger charge is -2.19. The van der Waals surface area contributed by atoms with Crippen molar-refractivity contribution in [2.45, 2.75) is 12.5 Å². The number of aromatic amines is 1. The number of hydrogen-bond donors (Lipinski definition) is 1. The molecular formula is C17H16ClFN6O2. The Kier molecular flexibility index (Phi) is 4.53. The highest BCUT2D eigenvalue weighted by molar-refractivity contribution is 6.33. The van der Waals surface area contributed by atoms with Gasteiger partial charge in [-0.2, -0.15) is 14.5 Å². The quantitative estimate of drug-likeness (QED) is 0.685. The lowest BCUT2D eigenvalue weighted by Crippen LogP contribution is -2.26. The summed E-state index contributed by atoms with van der Waals surface area (Å²) in [7, 11) is 1.83. The second-order valence-corrected chi connectivity index (χ2v) is 6.66. The van der Waals surface area contributed by atoms with Gasteiger partial charge in [0, 0.05) is 37.7 Å². The highest BCUT2D eigenvalue weighted by Crippen LogP contribution is 2.28. The number of nitrogens with zero attached hydrogens (tertiary/aromatic N) is 5. The van der Waals surface area contributed by atoms with Crippen LogP contribution < -0.4 is 15.2 Å². The van der Waals surface area contributed by atoms with Crippen LogP contribution in [0, 0.1) is 5.95 Å². The van der Waals surface area contributed by atoms with E-state index in [1.165, 1.54) is 12.3 Å². The molecule has 0 unspecified atom stereocenters. The highest BCUT2D eigenvalue weighted by atomic mass is 35.5. The molecule has 3 aromatic heterocycles. The van der Waals surface area contributed by atoms with Gasteiger partial charge in [-0.05, 0) is 0 Å². The van der Waals surface area contributed by atoms with E-state index in [0.29, 0.717) is 30.8 Å². The molecule has 4 rings (SSSR count). The molecule has 8 nitrogen and oxygen atoms in total. The number of rotatable bonds is 4. The summed E-state index contributed by atoms with van der Waals surface area (Å²) in [6.07, 6.45) is 5.27. The van der Waals surface area contributed by atoms with Gasteiger partial charge in [-0.1, -0.05) is 11.6 Å². The molecule has 0 amide bonds. The number of imidazole rings is 1. The van der Waals surface area contributed by atoms with Crippen molar-refractivity contribution in [3.8, 4) is 17.1 Å². The van der Waals surface area contributed by atoms with Gasteiger partial charge < -0.3 is 14.2 Å². The van der Waals surface area contributed by atoms with E-state index in [-0.39, 0.29) is 17.0 Å². The number of pyridine rings is 1. The predicted octanol–water partition coefficient (Wildman–Crippen LogP) is 2.02. The molecule has 1 aliphatic heterocycles. The summed E-state index contributed by atoms with van der Waals surface area (Å²) in [5.41, 5.74) is 1.50. The Balaban J connectivity index is 1.52. The number of ether oxygens (including phenoxy) is 1. The van der Waals surface area contributed by atoms with Crippen LogP contribution in [0.1, 0.15) is 6.42 Å². The molecule has 0 aliphatic carbocycles. The van der Waals surface area contributed by atoms with Gasteiger partial charge in [0.1, 0.15) is 11.1 Å². The summed E-state index contributed by atoms with van der Waals surface area (Å²) in [4.78, 5) is 21.4. The fraction of sp³-hybridized carbons (Fsp3) is 0.294. The zero-order valence-electron chi connectivity index (χ0n) is 14.4. The molecule has 10 heteroatoms. The molecule has 0 radical (unpaired) electrons. The first kappa shape index (κ1) is 17.5. The van der Waals surface area contributed by atoms with Crippen LogP contribution in [0.15, 0.2) is 35.6 Å². The van der Waals surface area contributed by atoms with Crippen molar-refractivity contribution in [1.82, 2.24) is 24.7 Å². The molecule has 0 spiro atoms. The average Bonchev–Trinajstić information content (AvgIpc) is 3.26. The number of anilines is 1. The third kappa shape index (κ3) is 3.50. The molecule has 1 fully saturated rings. The highest BCUT2D eigenvalue weighted by Gasteiger charge is 2.27. The Morgan fingerprint density at radius 1 is 1.37 bits per heavy atom. The maximum atomic E-state index is 14.0. The molecule has 140 valence electrons. The van der Waals surface area contributed by atoms with Gasteiger partial charge in [0.15, 0.2) is 0 Å². The minimum absolute atomic E-state index is 0.0908. The zero-order valence-corrected chi connectivity index (χ0v) is 15.1. The number of H-pyrrole nitrogens is 1. The van der Waals surface area contributed by atoms with Gasteiger partial charge in [0.05, 0.1) is 36.6 Å². The normalized spacial score (nSPS) is 16.7. The molecule has 0 saturated carbocycles.